The lowest BCUT2D eigenvalue weighted by molar-refractivity contribution is 0.104. The Morgan fingerprint density at radius 3 is 2.62 bits per heavy atom. The first-order valence-electron chi connectivity index (χ1n) is 6.39. The first kappa shape index (κ1) is 12.9. The molecule has 4 heteroatoms. The second-order valence-electron chi connectivity index (χ2n) is 4.48. The molecule has 0 saturated carbocycles. The molecule has 0 spiro atoms. The molecule has 1 heterocycles. The standard InChI is InChI=1S/C17H11NO3/c18-10-14(17(19)13-4-2-1-3-5-13)8-12-6-7-15-16(9-12)21-11-20-15/h1-9H,11H2/b14-8-. The molecule has 1 aliphatic heterocycles. The van der Waals surface area contributed by atoms with Crippen LogP contribution in [0.4, 0.5) is 0 Å². The molecular weight excluding hydrogens is 266 g/mol. The summed E-state index contributed by atoms with van der Waals surface area (Å²) in [5.41, 5.74) is 1.30. The summed E-state index contributed by atoms with van der Waals surface area (Å²) in [4.78, 5) is 12.3. The van der Waals surface area contributed by atoms with Crippen molar-refractivity contribution in [3.05, 3.63) is 65.2 Å². The molecule has 3 rings (SSSR count). The number of benzene rings is 2. The molecule has 0 atom stereocenters. The minimum Gasteiger partial charge on any atom is -0.454 e. The molecule has 2 aromatic rings. The molecule has 4 nitrogen and oxygen atoms in total. The molecule has 102 valence electrons. The van der Waals surface area contributed by atoms with E-state index < -0.39 is 0 Å². The van der Waals surface area contributed by atoms with Gasteiger partial charge in [-0.15, -0.1) is 0 Å². The van der Waals surface area contributed by atoms with E-state index in [1.165, 1.54) is 0 Å². The third kappa shape index (κ3) is 2.63. The molecule has 0 bridgehead atoms. The lowest BCUT2D eigenvalue weighted by atomic mass is 10.0. The van der Waals surface area contributed by atoms with Crippen molar-refractivity contribution in [2.75, 3.05) is 6.79 Å². The smallest absolute Gasteiger partial charge is 0.231 e. The summed E-state index contributed by atoms with van der Waals surface area (Å²) >= 11 is 0. The van der Waals surface area contributed by atoms with E-state index in [1.54, 1.807) is 48.5 Å². The number of carbonyl (C=O) groups excluding carboxylic acids is 1. The van der Waals surface area contributed by atoms with Crippen LogP contribution in [0.15, 0.2) is 54.1 Å². The van der Waals surface area contributed by atoms with Gasteiger partial charge in [-0.05, 0) is 23.8 Å². The highest BCUT2D eigenvalue weighted by Gasteiger charge is 2.15. The molecule has 21 heavy (non-hydrogen) atoms. The molecule has 0 fully saturated rings. The maximum atomic E-state index is 12.3. The Hall–Kier alpha value is -3.06. The highest BCUT2D eigenvalue weighted by molar-refractivity contribution is 6.14. The fraction of sp³-hybridized carbons (Fsp3) is 0.0588. The van der Waals surface area contributed by atoms with Gasteiger partial charge in [0.15, 0.2) is 11.5 Å². The average Bonchev–Trinajstić information content (AvgIpc) is 3.00. The Kier molecular flexibility index (Phi) is 3.40. The van der Waals surface area contributed by atoms with E-state index >= 15 is 0 Å². The zero-order valence-corrected chi connectivity index (χ0v) is 11.1. The predicted octanol–water partition coefficient (Wildman–Crippen LogP) is 3.21. The van der Waals surface area contributed by atoms with E-state index in [-0.39, 0.29) is 18.1 Å². The van der Waals surface area contributed by atoms with Gasteiger partial charge >= 0.3 is 0 Å². The highest BCUT2D eigenvalue weighted by atomic mass is 16.7. The van der Waals surface area contributed by atoms with Crippen molar-refractivity contribution >= 4 is 11.9 Å². The van der Waals surface area contributed by atoms with Crippen LogP contribution in [0, 0.1) is 11.3 Å². The van der Waals surface area contributed by atoms with Gasteiger partial charge in [0.25, 0.3) is 0 Å². The number of Topliss-reactive ketones (excluding diaryl/α,β-unsaturated/α-hetero) is 1. The first-order valence-corrected chi connectivity index (χ1v) is 6.39. The summed E-state index contributed by atoms with van der Waals surface area (Å²) in [7, 11) is 0. The third-order valence-electron chi connectivity index (χ3n) is 3.11. The third-order valence-corrected chi connectivity index (χ3v) is 3.11. The summed E-state index contributed by atoms with van der Waals surface area (Å²) in [5, 5.41) is 9.22. The van der Waals surface area contributed by atoms with E-state index in [2.05, 4.69) is 0 Å². The van der Waals surface area contributed by atoms with Crippen LogP contribution in [-0.2, 0) is 0 Å². The summed E-state index contributed by atoms with van der Waals surface area (Å²) in [6.45, 7) is 0.191. The number of nitrogens with zero attached hydrogens (tertiary/aromatic N) is 1. The quantitative estimate of drug-likeness (QED) is 0.491. The molecular formula is C17H11NO3. The second kappa shape index (κ2) is 5.51. The zero-order valence-electron chi connectivity index (χ0n) is 11.1. The van der Waals surface area contributed by atoms with Gasteiger partial charge < -0.3 is 9.47 Å². The zero-order chi connectivity index (χ0) is 14.7. The van der Waals surface area contributed by atoms with Crippen molar-refractivity contribution in [1.29, 1.82) is 5.26 Å². The first-order chi connectivity index (χ1) is 10.3. The minimum atomic E-state index is -0.296. The predicted molar refractivity (Wildman–Crippen MR) is 76.9 cm³/mol. The van der Waals surface area contributed by atoms with Crippen molar-refractivity contribution in [2.45, 2.75) is 0 Å². The van der Waals surface area contributed by atoms with Gasteiger partial charge in [-0.2, -0.15) is 5.26 Å². The van der Waals surface area contributed by atoms with Gasteiger partial charge in [0, 0.05) is 5.56 Å². The Bertz CT molecular complexity index is 757. The van der Waals surface area contributed by atoms with Crippen LogP contribution >= 0.6 is 0 Å². The molecule has 0 radical (unpaired) electrons. The van der Waals surface area contributed by atoms with Crippen molar-refractivity contribution < 1.29 is 14.3 Å². The molecule has 0 aliphatic carbocycles. The highest BCUT2D eigenvalue weighted by Crippen LogP contribution is 2.33. The van der Waals surface area contributed by atoms with Crippen molar-refractivity contribution in [2.24, 2.45) is 0 Å². The van der Waals surface area contributed by atoms with E-state index in [4.69, 9.17) is 9.47 Å². The fourth-order valence-electron chi connectivity index (χ4n) is 2.06. The van der Waals surface area contributed by atoms with Crippen LogP contribution in [0.3, 0.4) is 0 Å². The molecule has 0 N–H and O–H groups in total. The largest absolute Gasteiger partial charge is 0.454 e. The SMILES string of the molecule is N#C/C(=C/c1ccc2c(c1)OCO2)C(=O)c1ccccc1. The van der Waals surface area contributed by atoms with Crippen LogP contribution < -0.4 is 9.47 Å². The van der Waals surface area contributed by atoms with Crippen LogP contribution in [0.2, 0.25) is 0 Å². The molecule has 0 saturated heterocycles. The second-order valence-corrected chi connectivity index (χ2v) is 4.48. The van der Waals surface area contributed by atoms with E-state index in [1.807, 2.05) is 12.1 Å². The number of rotatable bonds is 3. The van der Waals surface area contributed by atoms with Gasteiger partial charge in [0.05, 0.1) is 0 Å². The summed E-state index contributed by atoms with van der Waals surface area (Å²) in [5.74, 6) is 0.990. The monoisotopic (exact) mass is 277 g/mol. The number of hydrogen-bond acceptors (Lipinski definition) is 4. The maximum absolute atomic E-state index is 12.3. The van der Waals surface area contributed by atoms with Gasteiger partial charge in [0.1, 0.15) is 11.6 Å². The van der Waals surface area contributed by atoms with Crippen LogP contribution in [0.25, 0.3) is 6.08 Å². The van der Waals surface area contributed by atoms with Crippen LogP contribution in [0.1, 0.15) is 15.9 Å². The lowest BCUT2D eigenvalue weighted by Gasteiger charge is -2.01. The summed E-state index contributed by atoms with van der Waals surface area (Å²) in [6, 6.07) is 16.0. The summed E-state index contributed by atoms with van der Waals surface area (Å²) in [6.07, 6.45) is 1.55. The molecule has 0 unspecified atom stereocenters. The van der Waals surface area contributed by atoms with Gasteiger partial charge in [-0.1, -0.05) is 36.4 Å². The number of ketones is 1. The topological polar surface area (TPSA) is 59.3 Å². The number of ether oxygens (including phenoxy) is 2. The average molecular weight is 277 g/mol. The van der Waals surface area contributed by atoms with Gasteiger partial charge in [-0.25, -0.2) is 0 Å². The normalized spacial score (nSPS) is 12.8. The van der Waals surface area contributed by atoms with E-state index in [0.29, 0.717) is 17.1 Å². The number of fused-ring (bicyclic) bond motifs is 1. The van der Waals surface area contributed by atoms with Gasteiger partial charge in [-0.3, -0.25) is 4.79 Å². The molecule has 0 amide bonds. The number of hydrogen-bond donors (Lipinski definition) is 0. The molecule has 1 aliphatic rings. The van der Waals surface area contributed by atoms with Crippen molar-refractivity contribution in [3.63, 3.8) is 0 Å². The Labute approximate surface area is 121 Å². The molecule has 0 aromatic heterocycles. The van der Waals surface area contributed by atoms with Crippen molar-refractivity contribution in [1.82, 2.24) is 0 Å². The minimum absolute atomic E-state index is 0.0834. The number of carbonyl (C=O) groups is 1. The Balaban J connectivity index is 1.93. The van der Waals surface area contributed by atoms with Gasteiger partial charge in [0.2, 0.25) is 12.6 Å². The summed E-state index contributed by atoms with van der Waals surface area (Å²) < 4.78 is 10.5. The number of nitriles is 1. The van der Waals surface area contributed by atoms with E-state index in [0.717, 1.165) is 5.56 Å². The maximum Gasteiger partial charge on any atom is 0.231 e. The molecule has 2 aromatic carbocycles. The Morgan fingerprint density at radius 2 is 1.86 bits per heavy atom. The fourth-order valence-corrected chi connectivity index (χ4v) is 2.06. The van der Waals surface area contributed by atoms with Crippen LogP contribution in [-0.4, -0.2) is 12.6 Å². The number of allylic oxidation sites excluding steroid dienone is 1. The van der Waals surface area contributed by atoms with Crippen LogP contribution in [0.5, 0.6) is 11.5 Å². The Morgan fingerprint density at radius 1 is 1.10 bits per heavy atom. The van der Waals surface area contributed by atoms with Crippen molar-refractivity contribution in [3.8, 4) is 17.6 Å². The van der Waals surface area contributed by atoms with E-state index in [9.17, 15) is 10.1 Å². The lowest BCUT2D eigenvalue weighted by Crippen LogP contribution is -2.01.